The standard InChI is InChI=1S/C24H27NS2/c1-27(2,3)18-16-23(24-15-10-17-26-24)25(19-21-11-6-4-7-12-21)20-22-13-8-5-9-14-22/h4-15,17,23H,19-20H2,1-3H3/t23-/m0/s1. The zero-order valence-electron chi connectivity index (χ0n) is 16.3. The predicted octanol–water partition coefficient (Wildman–Crippen LogP) is 6.15. The molecule has 0 aliphatic rings. The van der Waals surface area contributed by atoms with Gasteiger partial charge in [0.25, 0.3) is 0 Å². The van der Waals surface area contributed by atoms with Gasteiger partial charge < -0.3 is 0 Å². The van der Waals surface area contributed by atoms with E-state index in [9.17, 15) is 0 Å². The van der Waals surface area contributed by atoms with Gasteiger partial charge in [0, 0.05) is 18.0 Å². The lowest BCUT2D eigenvalue weighted by atomic mass is 10.1. The maximum Gasteiger partial charge on any atom is 0.108 e. The Morgan fingerprint density at radius 3 is 1.81 bits per heavy atom. The Morgan fingerprint density at radius 2 is 1.37 bits per heavy atom. The van der Waals surface area contributed by atoms with Gasteiger partial charge in [0.1, 0.15) is 6.04 Å². The predicted molar refractivity (Wildman–Crippen MR) is 122 cm³/mol. The van der Waals surface area contributed by atoms with Crippen molar-refractivity contribution in [2.75, 3.05) is 18.8 Å². The lowest BCUT2D eigenvalue weighted by Gasteiger charge is -2.29. The van der Waals surface area contributed by atoms with Gasteiger partial charge in [-0.2, -0.15) is 10.0 Å². The van der Waals surface area contributed by atoms with E-state index in [1.54, 1.807) is 11.3 Å². The van der Waals surface area contributed by atoms with E-state index in [4.69, 9.17) is 0 Å². The Labute approximate surface area is 169 Å². The quantitative estimate of drug-likeness (QED) is 0.454. The molecule has 0 radical (unpaired) electrons. The third-order valence-electron chi connectivity index (χ3n) is 4.14. The summed E-state index contributed by atoms with van der Waals surface area (Å²) in [5, 5.41) is 5.71. The summed E-state index contributed by atoms with van der Waals surface area (Å²) in [6, 6.07) is 25.8. The van der Waals surface area contributed by atoms with E-state index in [1.165, 1.54) is 16.0 Å². The molecule has 3 rings (SSSR count). The van der Waals surface area contributed by atoms with Crippen molar-refractivity contribution in [3.8, 4) is 11.2 Å². The highest BCUT2D eigenvalue weighted by Crippen LogP contribution is 2.34. The topological polar surface area (TPSA) is 3.24 Å². The molecule has 3 heteroatoms. The Bertz CT molecular complexity index is 827. The van der Waals surface area contributed by atoms with E-state index in [0.717, 1.165) is 13.1 Å². The normalized spacial score (nSPS) is 13.0. The molecule has 0 aliphatic heterocycles. The van der Waals surface area contributed by atoms with Gasteiger partial charge in [-0.15, -0.1) is 11.3 Å². The fourth-order valence-electron chi connectivity index (χ4n) is 2.90. The van der Waals surface area contributed by atoms with Gasteiger partial charge in [0.15, 0.2) is 0 Å². The first-order valence-corrected chi connectivity index (χ1v) is 12.8. The first-order valence-electron chi connectivity index (χ1n) is 9.07. The molecule has 0 spiro atoms. The zero-order valence-corrected chi connectivity index (χ0v) is 17.9. The summed E-state index contributed by atoms with van der Waals surface area (Å²) in [5.41, 5.74) is 2.64. The highest BCUT2D eigenvalue weighted by molar-refractivity contribution is 8.35. The van der Waals surface area contributed by atoms with Crippen LogP contribution in [-0.2, 0) is 13.1 Å². The SMILES string of the molecule is CS(C)(C)C#C[C@@H](c1cccs1)N(Cc1ccccc1)Cc1ccccc1. The second-order valence-corrected chi connectivity index (χ2v) is 12.2. The van der Waals surface area contributed by atoms with Crippen molar-refractivity contribution in [1.29, 1.82) is 0 Å². The van der Waals surface area contributed by atoms with Crippen molar-refractivity contribution in [1.82, 2.24) is 4.90 Å². The van der Waals surface area contributed by atoms with Crippen molar-refractivity contribution in [2.45, 2.75) is 19.1 Å². The van der Waals surface area contributed by atoms with Crippen LogP contribution in [0.15, 0.2) is 78.2 Å². The van der Waals surface area contributed by atoms with E-state index in [0.29, 0.717) is 0 Å². The molecule has 1 atom stereocenters. The van der Waals surface area contributed by atoms with E-state index >= 15 is 0 Å². The third-order valence-corrected chi connectivity index (χ3v) is 5.79. The molecular weight excluding hydrogens is 366 g/mol. The molecule has 140 valence electrons. The van der Waals surface area contributed by atoms with Crippen LogP contribution in [0.3, 0.4) is 0 Å². The molecule has 1 nitrogen and oxygen atoms in total. The molecule has 27 heavy (non-hydrogen) atoms. The van der Waals surface area contributed by atoms with Crippen molar-refractivity contribution >= 4 is 21.4 Å². The van der Waals surface area contributed by atoms with Crippen LogP contribution in [-0.4, -0.2) is 23.7 Å². The fraction of sp³-hybridized carbons (Fsp3) is 0.250. The summed E-state index contributed by atoms with van der Waals surface area (Å²) in [6.07, 6.45) is 6.76. The highest BCUT2D eigenvalue weighted by atomic mass is 32.3. The number of hydrogen-bond acceptors (Lipinski definition) is 2. The average Bonchev–Trinajstić information content (AvgIpc) is 3.17. The summed E-state index contributed by atoms with van der Waals surface area (Å²) in [4.78, 5) is 3.81. The molecule has 1 heterocycles. The molecule has 0 saturated carbocycles. The summed E-state index contributed by atoms with van der Waals surface area (Å²) in [6.45, 7) is 1.76. The van der Waals surface area contributed by atoms with Crippen LogP contribution >= 0.6 is 21.4 Å². The number of nitrogens with zero attached hydrogens (tertiary/aromatic N) is 1. The zero-order chi connectivity index (χ0) is 19.1. The third kappa shape index (κ3) is 6.29. The van der Waals surface area contributed by atoms with Gasteiger partial charge in [-0.3, -0.25) is 4.90 Å². The Kier molecular flexibility index (Phi) is 6.79. The molecule has 0 aliphatic carbocycles. The molecule has 0 unspecified atom stereocenters. The Hall–Kier alpha value is -1.99. The second-order valence-electron chi connectivity index (χ2n) is 7.38. The summed E-state index contributed by atoms with van der Waals surface area (Å²) < 4.78 is 0. The molecule has 0 saturated heterocycles. The van der Waals surface area contributed by atoms with E-state index in [1.807, 2.05) is 0 Å². The van der Waals surface area contributed by atoms with E-state index in [-0.39, 0.29) is 6.04 Å². The molecular formula is C24H27NS2. The van der Waals surface area contributed by atoms with Crippen LogP contribution < -0.4 is 0 Å². The van der Waals surface area contributed by atoms with Gasteiger partial charge in [-0.05, 0) is 41.3 Å². The minimum atomic E-state index is -0.873. The lowest BCUT2D eigenvalue weighted by Crippen LogP contribution is -2.27. The monoisotopic (exact) mass is 393 g/mol. The van der Waals surface area contributed by atoms with Gasteiger partial charge in [-0.1, -0.05) is 77.9 Å². The maximum atomic E-state index is 3.63. The van der Waals surface area contributed by atoms with Gasteiger partial charge in [0.05, 0.1) is 0 Å². The van der Waals surface area contributed by atoms with E-state index in [2.05, 4.69) is 113 Å². The number of benzene rings is 2. The highest BCUT2D eigenvalue weighted by Gasteiger charge is 2.20. The summed E-state index contributed by atoms with van der Waals surface area (Å²) >= 11 is 1.80. The molecule has 0 fully saturated rings. The first-order chi connectivity index (χ1) is 13.0. The van der Waals surface area contributed by atoms with Crippen LogP contribution in [0, 0.1) is 11.2 Å². The minimum Gasteiger partial charge on any atom is -0.277 e. The molecule has 1 aromatic heterocycles. The molecule has 3 aromatic rings. The number of thiophene rings is 1. The van der Waals surface area contributed by atoms with Crippen LogP contribution in [0.5, 0.6) is 0 Å². The Balaban J connectivity index is 1.96. The van der Waals surface area contributed by atoms with Crippen LogP contribution in [0.25, 0.3) is 0 Å². The molecule has 0 N–H and O–H groups in total. The molecule has 0 amide bonds. The van der Waals surface area contributed by atoms with Gasteiger partial charge in [0.2, 0.25) is 0 Å². The maximum absolute atomic E-state index is 3.63. The fourth-order valence-corrected chi connectivity index (χ4v) is 4.17. The van der Waals surface area contributed by atoms with Crippen molar-refractivity contribution < 1.29 is 0 Å². The Morgan fingerprint density at radius 1 is 0.815 bits per heavy atom. The van der Waals surface area contributed by atoms with Crippen molar-refractivity contribution in [3.63, 3.8) is 0 Å². The molecule has 2 aromatic carbocycles. The number of rotatable bonds is 6. The van der Waals surface area contributed by atoms with Crippen molar-refractivity contribution in [2.24, 2.45) is 0 Å². The van der Waals surface area contributed by atoms with Gasteiger partial charge in [-0.25, -0.2) is 0 Å². The summed E-state index contributed by atoms with van der Waals surface area (Å²) in [7, 11) is -0.873. The van der Waals surface area contributed by atoms with Crippen LogP contribution in [0.2, 0.25) is 0 Å². The lowest BCUT2D eigenvalue weighted by molar-refractivity contribution is 0.221. The van der Waals surface area contributed by atoms with E-state index < -0.39 is 10.0 Å². The van der Waals surface area contributed by atoms with Crippen molar-refractivity contribution in [3.05, 3.63) is 94.2 Å². The summed E-state index contributed by atoms with van der Waals surface area (Å²) in [5.74, 6) is 3.63. The van der Waals surface area contributed by atoms with Crippen LogP contribution in [0.1, 0.15) is 22.0 Å². The number of hydrogen-bond donors (Lipinski definition) is 0. The van der Waals surface area contributed by atoms with Gasteiger partial charge >= 0.3 is 0 Å². The largest absolute Gasteiger partial charge is 0.277 e. The average molecular weight is 394 g/mol. The smallest absolute Gasteiger partial charge is 0.108 e. The first kappa shape index (κ1) is 19.8. The van der Waals surface area contributed by atoms with Crippen LogP contribution in [0.4, 0.5) is 0 Å². The minimum absolute atomic E-state index is 0.108. The molecule has 0 bridgehead atoms. The second kappa shape index (κ2) is 9.28.